The van der Waals surface area contributed by atoms with E-state index in [0.717, 1.165) is 22.7 Å². The Balaban J connectivity index is 1.86. The maximum Gasteiger partial charge on any atom is 0.232 e. The minimum Gasteiger partial charge on any atom is -0.389 e. The van der Waals surface area contributed by atoms with Crippen molar-refractivity contribution < 1.29 is 19.1 Å². The van der Waals surface area contributed by atoms with Crippen LogP contribution in [0.25, 0.3) is 11.3 Å². The van der Waals surface area contributed by atoms with Crippen molar-refractivity contribution in [3.63, 3.8) is 0 Å². The van der Waals surface area contributed by atoms with E-state index in [1.165, 1.54) is 32.1 Å². The molecule has 0 bridgehead atoms. The average molecular weight is 460 g/mol. The van der Waals surface area contributed by atoms with Crippen molar-refractivity contribution >= 4 is 5.88 Å². The van der Waals surface area contributed by atoms with E-state index in [1.807, 2.05) is 32.0 Å². The fourth-order valence-corrected chi connectivity index (χ4v) is 4.51. The number of rotatable bonds is 13. The number of anilines is 1. The average Bonchev–Trinajstić information content (AvgIpc) is 3.25. The Kier molecular flexibility index (Phi) is 10.2. The van der Waals surface area contributed by atoms with Gasteiger partial charge in [0.15, 0.2) is 0 Å². The monoisotopic (exact) mass is 459 g/mol. The van der Waals surface area contributed by atoms with Crippen LogP contribution in [0.3, 0.4) is 0 Å². The first kappa shape index (κ1) is 25.7. The van der Waals surface area contributed by atoms with Gasteiger partial charge in [-0.2, -0.15) is 0 Å². The summed E-state index contributed by atoms with van der Waals surface area (Å²) < 4.78 is 17.0. The van der Waals surface area contributed by atoms with Gasteiger partial charge >= 0.3 is 0 Å². The van der Waals surface area contributed by atoms with Crippen molar-refractivity contribution in [3.05, 3.63) is 35.9 Å². The zero-order valence-electron chi connectivity index (χ0n) is 20.7. The SMILES string of the molecule is COCCN(Cc1c(-c2ccccc2)noc1N(C)C1CCCCC1)CC(O)COC(C)C. The van der Waals surface area contributed by atoms with E-state index in [9.17, 15) is 5.11 Å². The van der Waals surface area contributed by atoms with Gasteiger partial charge in [0.25, 0.3) is 0 Å². The highest BCUT2D eigenvalue weighted by molar-refractivity contribution is 5.68. The predicted octanol–water partition coefficient (Wildman–Crippen LogP) is 4.34. The van der Waals surface area contributed by atoms with E-state index in [1.54, 1.807) is 7.11 Å². The number of benzene rings is 1. The molecule has 1 unspecified atom stereocenters. The molecular formula is C26H41N3O4. The van der Waals surface area contributed by atoms with Gasteiger partial charge in [-0.15, -0.1) is 0 Å². The minimum absolute atomic E-state index is 0.0885. The lowest BCUT2D eigenvalue weighted by molar-refractivity contribution is -0.0121. The third-order valence-electron chi connectivity index (χ3n) is 6.34. The van der Waals surface area contributed by atoms with Crippen LogP contribution in [0, 0.1) is 0 Å². The Hall–Kier alpha value is -1.93. The predicted molar refractivity (Wildman–Crippen MR) is 131 cm³/mol. The van der Waals surface area contributed by atoms with Crippen LogP contribution >= 0.6 is 0 Å². The van der Waals surface area contributed by atoms with Crippen molar-refractivity contribution in [1.29, 1.82) is 0 Å². The molecule has 1 aromatic carbocycles. The van der Waals surface area contributed by atoms with Crippen LogP contribution < -0.4 is 4.90 Å². The first-order chi connectivity index (χ1) is 16.0. The normalized spacial score (nSPS) is 16.0. The van der Waals surface area contributed by atoms with Gasteiger partial charge < -0.3 is 24.0 Å². The van der Waals surface area contributed by atoms with Gasteiger partial charge in [-0.25, -0.2) is 0 Å². The van der Waals surface area contributed by atoms with Crippen LogP contribution in [0.1, 0.15) is 51.5 Å². The first-order valence-corrected chi connectivity index (χ1v) is 12.3. The number of aromatic nitrogens is 1. The molecule has 0 radical (unpaired) electrons. The molecule has 1 fully saturated rings. The van der Waals surface area contributed by atoms with E-state index >= 15 is 0 Å². The molecule has 0 amide bonds. The largest absolute Gasteiger partial charge is 0.389 e. The van der Waals surface area contributed by atoms with Crippen LogP contribution in [-0.4, -0.2) is 73.9 Å². The number of aliphatic hydroxyl groups is 1. The third kappa shape index (κ3) is 7.54. The Labute approximate surface area is 198 Å². The smallest absolute Gasteiger partial charge is 0.232 e. The van der Waals surface area contributed by atoms with Crippen LogP contribution in [0.5, 0.6) is 0 Å². The maximum absolute atomic E-state index is 10.6. The molecule has 7 heteroatoms. The quantitative estimate of drug-likeness (QED) is 0.478. The molecular weight excluding hydrogens is 418 g/mol. The Morgan fingerprint density at radius 1 is 1.15 bits per heavy atom. The fourth-order valence-electron chi connectivity index (χ4n) is 4.51. The van der Waals surface area contributed by atoms with E-state index in [0.29, 0.717) is 38.9 Å². The fraction of sp³-hybridized carbons (Fsp3) is 0.654. The van der Waals surface area contributed by atoms with Gasteiger partial charge in [0.2, 0.25) is 5.88 Å². The van der Waals surface area contributed by atoms with Crippen molar-refractivity contribution in [2.45, 2.75) is 70.7 Å². The zero-order chi connectivity index (χ0) is 23.6. The Morgan fingerprint density at radius 2 is 1.88 bits per heavy atom. The molecule has 0 aliphatic heterocycles. The molecule has 1 aliphatic rings. The summed E-state index contributed by atoms with van der Waals surface area (Å²) >= 11 is 0. The van der Waals surface area contributed by atoms with Crippen LogP contribution in [0.2, 0.25) is 0 Å². The molecule has 3 rings (SSSR count). The number of ether oxygens (including phenoxy) is 2. The maximum atomic E-state index is 10.6. The van der Waals surface area contributed by atoms with Gasteiger partial charge in [-0.3, -0.25) is 4.90 Å². The molecule has 184 valence electrons. The highest BCUT2D eigenvalue weighted by Gasteiger charge is 2.28. The molecule has 0 spiro atoms. The lowest BCUT2D eigenvalue weighted by Gasteiger charge is -2.32. The van der Waals surface area contributed by atoms with E-state index in [-0.39, 0.29) is 6.10 Å². The molecule has 1 N–H and O–H groups in total. The summed E-state index contributed by atoms with van der Waals surface area (Å²) in [6, 6.07) is 10.6. The lowest BCUT2D eigenvalue weighted by atomic mass is 9.94. The lowest BCUT2D eigenvalue weighted by Crippen LogP contribution is -2.38. The van der Waals surface area contributed by atoms with Gasteiger partial charge in [0.05, 0.1) is 31.0 Å². The highest BCUT2D eigenvalue weighted by atomic mass is 16.5. The van der Waals surface area contributed by atoms with E-state index in [2.05, 4.69) is 34.1 Å². The summed E-state index contributed by atoms with van der Waals surface area (Å²) in [6.07, 6.45) is 5.68. The second-order valence-electron chi connectivity index (χ2n) is 9.35. The summed E-state index contributed by atoms with van der Waals surface area (Å²) in [6.45, 7) is 6.65. The number of hydrogen-bond acceptors (Lipinski definition) is 7. The Morgan fingerprint density at radius 3 is 2.55 bits per heavy atom. The molecule has 1 saturated carbocycles. The number of hydrogen-bond donors (Lipinski definition) is 1. The first-order valence-electron chi connectivity index (χ1n) is 12.3. The second kappa shape index (κ2) is 13.1. The van der Waals surface area contributed by atoms with Gasteiger partial charge in [0.1, 0.15) is 5.69 Å². The Bertz CT molecular complexity index is 805. The standard InChI is InChI=1S/C26H41N3O4/c1-20(2)32-19-23(30)17-29(15-16-31-4)18-24-25(21-11-7-5-8-12-21)27-33-26(24)28(3)22-13-9-6-10-14-22/h5,7-8,11-12,20,22-23,30H,6,9-10,13-19H2,1-4H3. The summed E-state index contributed by atoms with van der Waals surface area (Å²) in [5.41, 5.74) is 2.96. The highest BCUT2D eigenvalue weighted by Crippen LogP contribution is 2.35. The molecule has 33 heavy (non-hydrogen) atoms. The molecule has 1 aromatic heterocycles. The molecule has 1 aliphatic carbocycles. The van der Waals surface area contributed by atoms with Crippen molar-refractivity contribution in [3.8, 4) is 11.3 Å². The van der Waals surface area contributed by atoms with E-state index in [4.69, 9.17) is 14.0 Å². The number of methoxy groups -OCH3 is 1. The van der Waals surface area contributed by atoms with Crippen molar-refractivity contribution in [1.82, 2.24) is 10.1 Å². The number of aliphatic hydroxyl groups excluding tert-OH is 1. The van der Waals surface area contributed by atoms with Crippen molar-refractivity contribution in [2.24, 2.45) is 0 Å². The van der Waals surface area contributed by atoms with E-state index < -0.39 is 6.10 Å². The summed E-state index contributed by atoms with van der Waals surface area (Å²) in [4.78, 5) is 4.48. The van der Waals surface area contributed by atoms with Crippen LogP contribution in [0.15, 0.2) is 34.9 Å². The van der Waals surface area contributed by atoms with Gasteiger partial charge in [0, 0.05) is 45.4 Å². The molecule has 0 saturated heterocycles. The van der Waals surface area contributed by atoms with Gasteiger partial charge in [-0.1, -0.05) is 54.8 Å². The summed E-state index contributed by atoms with van der Waals surface area (Å²) in [5, 5.41) is 15.1. The summed E-state index contributed by atoms with van der Waals surface area (Å²) in [7, 11) is 3.83. The topological polar surface area (TPSA) is 71.2 Å². The van der Waals surface area contributed by atoms with Crippen LogP contribution in [-0.2, 0) is 16.0 Å². The minimum atomic E-state index is -0.580. The molecule has 1 heterocycles. The van der Waals surface area contributed by atoms with Gasteiger partial charge in [-0.05, 0) is 26.7 Å². The third-order valence-corrected chi connectivity index (χ3v) is 6.34. The number of nitrogens with zero attached hydrogens (tertiary/aromatic N) is 3. The second-order valence-corrected chi connectivity index (χ2v) is 9.35. The summed E-state index contributed by atoms with van der Waals surface area (Å²) in [5.74, 6) is 0.830. The van der Waals surface area contributed by atoms with Crippen LogP contribution in [0.4, 0.5) is 5.88 Å². The molecule has 2 aromatic rings. The van der Waals surface area contributed by atoms with Crippen molar-refractivity contribution in [2.75, 3.05) is 45.4 Å². The molecule has 1 atom stereocenters. The molecule has 7 nitrogen and oxygen atoms in total. The zero-order valence-corrected chi connectivity index (χ0v) is 20.7.